The maximum absolute atomic E-state index is 15.0. The highest BCUT2D eigenvalue weighted by Crippen LogP contribution is 2.44. The van der Waals surface area contributed by atoms with Crippen molar-refractivity contribution in [3.05, 3.63) is 84.9 Å². The lowest BCUT2D eigenvalue weighted by atomic mass is 10.0. The molecule has 2 N–H and O–H groups in total. The maximum Gasteiger partial charge on any atom is 0.276 e. The van der Waals surface area contributed by atoms with Gasteiger partial charge in [0, 0.05) is 42.8 Å². The second-order valence-electron chi connectivity index (χ2n) is 11.3. The highest BCUT2D eigenvalue weighted by atomic mass is 35.5. The van der Waals surface area contributed by atoms with E-state index in [1.54, 1.807) is 24.1 Å². The van der Waals surface area contributed by atoms with E-state index >= 15 is 0 Å². The second kappa shape index (κ2) is 12.5. The highest BCUT2D eigenvalue weighted by Gasteiger charge is 2.33. The predicted octanol–water partition coefficient (Wildman–Crippen LogP) is 6.79. The number of amides is 1. The minimum Gasteiger partial charge on any atom is -0.396 e. The SMILES string of the molecule is C=CC(=O)N1CCN(c2c(C#N)c(=O)n(-c3c(C)ccnc3C(C)C)c3nc(-c4c(N)c(F)c(Cl)c(F)c4Cl)c(Cl)cc23)C[C@H]1C. The summed E-state index contributed by atoms with van der Waals surface area (Å²) in [6, 6.07) is 4.94. The third-order valence-corrected chi connectivity index (χ3v) is 9.03. The normalized spacial score (nSPS) is 15.0. The smallest absolute Gasteiger partial charge is 0.276 e. The summed E-state index contributed by atoms with van der Waals surface area (Å²) in [4.78, 5) is 39.6. The fourth-order valence-electron chi connectivity index (χ4n) is 5.85. The van der Waals surface area contributed by atoms with Gasteiger partial charge in [-0.3, -0.25) is 19.1 Å². The first-order valence-electron chi connectivity index (χ1n) is 14.2. The summed E-state index contributed by atoms with van der Waals surface area (Å²) >= 11 is 18.9. The van der Waals surface area contributed by atoms with Crippen LogP contribution >= 0.6 is 34.8 Å². The summed E-state index contributed by atoms with van der Waals surface area (Å²) in [6.45, 7) is 11.8. The van der Waals surface area contributed by atoms with Crippen molar-refractivity contribution < 1.29 is 13.6 Å². The van der Waals surface area contributed by atoms with Crippen molar-refractivity contribution >= 4 is 63.1 Å². The molecule has 0 aliphatic carbocycles. The number of carbonyl (C=O) groups is 1. The van der Waals surface area contributed by atoms with Gasteiger partial charge in [-0.1, -0.05) is 55.2 Å². The molecule has 0 bridgehead atoms. The molecule has 0 spiro atoms. The van der Waals surface area contributed by atoms with Crippen molar-refractivity contribution in [2.45, 2.75) is 39.7 Å². The number of carbonyl (C=O) groups excluding carboxylic acids is 1. The van der Waals surface area contributed by atoms with Crippen molar-refractivity contribution in [1.82, 2.24) is 19.4 Å². The average Bonchev–Trinajstić information content (AvgIpc) is 3.02. The van der Waals surface area contributed by atoms with E-state index in [-0.39, 0.29) is 70.7 Å². The standard InChI is InChI=1S/C32H28Cl3F2N7O2/c1-6-20(45)43-10-9-42(13-16(43)5)30-17-11-19(33)28(21-22(34)24(36)23(35)25(37)26(21)39)41-31(17)44(32(46)18(30)12-38)29-15(4)7-8-40-27(29)14(2)3/h6-8,11,14,16H,1,9-10,13,39H2,2-5H3/t16-/m1/s1. The van der Waals surface area contributed by atoms with Gasteiger partial charge < -0.3 is 15.5 Å². The number of nitrogens with two attached hydrogens (primary N) is 1. The Hall–Kier alpha value is -4.24. The molecule has 0 saturated carbocycles. The number of anilines is 2. The number of benzene rings is 1. The molecule has 1 aliphatic heterocycles. The van der Waals surface area contributed by atoms with Gasteiger partial charge in [-0.15, -0.1) is 0 Å². The second-order valence-corrected chi connectivity index (χ2v) is 12.4. The number of rotatable bonds is 5. The van der Waals surface area contributed by atoms with Crippen LogP contribution in [0.4, 0.5) is 20.2 Å². The number of nitriles is 1. The summed E-state index contributed by atoms with van der Waals surface area (Å²) in [5.41, 5.74) is 5.85. The topological polar surface area (TPSA) is 121 Å². The molecule has 1 amide bonds. The van der Waals surface area contributed by atoms with Gasteiger partial charge in [-0.05, 0) is 43.5 Å². The van der Waals surface area contributed by atoms with Crippen molar-refractivity contribution in [3.63, 3.8) is 0 Å². The number of nitrogen functional groups attached to an aromatic ring is 1. The molecular formula is C32H28Cl3F2N7O2. The van der Waals surface area contributed by atoms with Crippen molar-refractivity contribution in [2.24, 2.45) is 0 Å². The average molecular weight is 687 g/mol. The minimum absolute atomic E-state index is 0.0138. The van der Waals surface area contributed by atoms with Crippen molar-refractivity contribution in [2.75, 3.05) is 30.3 Å². The largest absolute Gasteiger partial charge is 0.396 e. The third-order valence-electron chi connectivity index (χ3n) is 8.05. The lowest BCUT2D eigenvalue weighted by Crippen LogP contribution is -2.54. The van der Waals surface area contributed by atoms with E-state index < -0.39 is 32.9 Å². The molecule has 1 fully saturated rings. The maximum atomic E-state index is 15.0. The number of fused-ring (bicyclic) bond motifs is 1. The summed E-state index contributed by atoms with van der Waals surface area (Å²) in [5.74, 6) is -2.91. The molecule has 3 aromatic heterocycles. The predicted molar refractivity (Wildman–Crippen MR) is 177 cm³/mol. The lowest BCUT2D eigenvalue weighted by Gasteiger charge is -2.41. The Bertz CT molecular complexity index is 2030. The zero-order valence-corrected chi connectivity index (χ0v) is 27.5. The molecule has 0 unspecified atom stereocenters. The van der Waals surface area contributed by atoms with E-state index in [1.165, 1.54) is 16.7 Å². The molecule has 46 heavy (non-hydrogen) atoms. The first-order chi connectivity index (χ1) is 21.7. The van der Waals surface area contributed by atoms with E-state index in [1.807, 2.05) is 25.7 Å². The molecule has 1 atom stereocenters. The number of hydrogen-bond acceptors (Lipinski definition) is 7. The van der Waals surface area contributed by atoms with Gasteiger partial charge in [0.05, 0.1) is 38.5 Å². The van der Waals surface area contributed by atoms with Crippen LogP contribution in [0.3, 0.4) is 0 Å². The van der Waals surface area contributed by atoms with Gasteiger partial charge in [-0.2, -0.15) is 5.26 Å². The van der Waals surface area contributed by atoms with Crippen LogP contribution in [0.25, 0.3) is 28.0 Å². The van der Waals surface area contributed by atoms with Crippen LogP contribution < -0.4 is 16.2 Å². The van der Waals surface area contributed by atoms with Crippen LogP contribution in [0.15, 0.2) is 35.8 Å². The van der Waals surface area contributed by atoms with Gasteiger partial charge in [0.1, 0.15) is 22.3 Å². The lowest BCUT2D eigenvalue weighted by molar-refractivity contribution is -0.128. The molecule has 4 aromatic rings. The molecule has 9 nitrogen and oxygen atoms in total. The molecule has 1 aromatic carbocycles. The van der Waals surface area contributed by atoms with Crippen LogP contribution in [-0.2, 0) is 4.79 Å². The Balaban J connectivity index is 1.94. The Morgan fingerprint density at radius 1 is 1.20 bits per heavy atom. The fourth-order valence-corrected chi connectivity index (χ4v) is 6.63. The molecule has 238 valence electrons. The molecule has 1 aliphatic rings. The van der Waals surface area contributed by atoms with Crippen LogP contribution in [-0.4, -0.2) is 51.0 Å². The third kappa shape index (κ3) is 5.24. The van der Waals surface area contributed by atoms with E-state index in [4.69, 9.17) is 45.5 Å². The van der Waals surface area contributed by atoms with Gasteiger partial charge >= 0.3 is 0 Å². The highest BCUT2D eigenvalue weighted by molar-refractivity contribution is 6.39. The monoisotopic (exact) mass is 685 g/mol. The zero-order chi connectivity index (χ0) is 33.8. The van der Waals surface area contributed by atoms with Crippen LogP contribution in [0.2, 0.25) is 15.1 Å². The van der Waals surface area contributed by atoms with Crippen molar-refractivity contribution in [3.8, 4) is 23.0 Å². The molecule has 0 radical (unpaired) electrons. The number of hydrogen-bond donors (Lipinski definition) is 1. The summed E-state index contributed by atoms with van der Waals surface area (Å²) in [7, 11) is 0. The first-order valence-corrected chi connectivity index (χ1v) is 15.3. The Morgan fingerprint density at radius 3 is 2.50 bits per heavy atom. The Kier molecular flexibility index (Phi) is 9.01. The number of halogens is 5. The molecule has 1 saturated heterocycles. The summed E-state index contributed by atoms with van der Waals surface area (Å²) in [5, 5.41) is 9.12. The van der Waals surface area contributed by atoms with Gasteiger partial charge in [0.2, 0.25) is 5.91 Å². The Morgan fingerprint density at radius 2 is 1.89 bits per heavy atom. The molecule has 4 heterocycles. The van der Waals surface area contributed by atoms with Gasteiger partial charge in [0.25, 0.3) is 5.56 Å². The number of aryl methyl sites for hydroxylation is 1. The fraction of sp³-hybridized carbons (Fsp3) is 0.281. The van der Waals surface area contributed by atoms with Crippen LogP contribution in [0.1, 0.15) is 43.5 Å². The zero-order valence-electron chi connectivity index (χ0n) is 25.3. The number of piperazine rings is 1. The van der Waals surface area contributed by atoms with E-state index in [2.05, 4.69) is 17.6 Å². The van der Waals surface area contributed by atoms with Crippen molar-refractivity contribution in [1.29, 1.82) is 5.26 Å². The number of pyridine rings is 3. The number of aromatic nitrogens is 3. The quantitative estimate of drug-likeness (QED) is 0.106. The van der Waals surface area contributed by atoms with Crippen LogP contribution in [0.5, 0.6) is 0 Å². The molecular weight excluding hydrogens is 659 g/mol. The van der Waals surface area contributed by atoms with E-state index in [0.29, 0.717) is 22.3 Å². The summed E-state index contributed by atoms with van der Waals surface area (Å²) in [6.07, 6.45) is 2.85. The molecule has 14 heteroatoms. The first kappa shape index (κ1) is 33.1. The molecule has 5 rings (SSSR count). The van der Waals surface area contributed by atoms with Gasteiger partial charge in [-0.25, -0.2) is 13.8 Å². The van der Waals surface area contributed by atoms with E-state index in [0.717, 1.165) is 0 Å². The minimum atomic E-state index is -1.26. The Labute approximate surface area is 278 Å². The van der Waals surface area contributed by atoms with E-state index in [9.17, 15) is 23.6 Å². The van der Waals surface area contributed by atoms with Gasteiger partial charge in [0.15, 0.2) is 11.6 Å². The number of nitrogens with zero attached hydrogens (tertiary/aromatic N) is 6. The van der Waals surface area contributed by atoms with Crippen LogP contribution in [0, 0.1) is 29.9 Å². The summed E-state index contributed by atoms with van der Waals surface area (Å²) < 4.78 is 31.2.